The van der Waals surface area contributed by atoms with Crippen molar-refractivity contribution in [1.29, 1.82) is 0 Å². The smallest absolute Gasteiger partial charge is 0.261 e. The fourth-order valence-corrected chi connectivity index (χ4v) is 5.68. The number of nitrogens with one attached hydrogen (secondary N) is 1. The van der Waals surface area contributed by atoms with Gasteiger partial charge in [-0.1, -0.05) is 25.9 Å². The van der Waals surface area contributed by atoms with E-state index in [-0.39, 0.29) is 23.9 Å². The molecule has 1 aliphatic carbocycles. The summed E-state index contributed by atoms with van der Waals surface area (Å²) in [6.45, 7) is 7.11. The molecule has 1 amide bonds. The number of pyridine rings is 1. The second-order valence-electron chi connectivity index (χ2n) is 8.90. The summed E-state index contributed by atoms with van der Waals surface area (Å²) in [5.74, 6) is 0.491. The summed E-state index contributed by atoms with van der Waals surface area (Å²) in [6, 6.07) is 5.76. The van der Waals surface area contributed by atoms with Gasteiger partial charge in [0.1, 0.15) is 4.83 Å². The predicted molar refractivity (Wildman–Crippen MR) is 123 cm³/mol. The van der Waals surface area contributed by atoms with Crippen molar-refractivity contribution in [3.63, 3.8) is 0 Å². The highest BCUT2D eigenvalue weighted by Crippen LogP contribution is 2.38. The third kappa shape index (κ3) is 4.36. The maximum Gasteiger partial charge on any atom is 0.261 e. The second-order valence-corrected chi connectivity index (χ2v) is 10.7. The second kappa shape index (κ2) is 8.38. The van der Waals surface area contributed by atoms with Crippen molar-refractivity contribution < 1.29 is 4.79 Å². The van der Waals surface area contributed by atoms with Gasteiger partial charge in [-0.05, 0) is 76.2 Å². The van der Waals surface area contributed by atoms with Crippen LogP contribution < -0.4 is 5.32 Å². The van der Waals surface area contributed by atoms with Gasteiger partial charge in [0, 0.05) is 16.0 Å². The van der Waals surface area contributed by atoms with Crippen molar-refractivity contribution in [2.45, 2.75) is 46.1 Å². The maximum atomic E-state index is 12.9. The van der Waals surface area contributed by atoms with Gasteiger partial charge in [0.2, 0.25) is 0 Å². The number of thiophene rings is 2. The van der Waals surface area contributed by atoms with Gasteiger partial charge in [0.25, 0.3) is 5.91 Å². The number of aromatic nitrogens is 1. The minimum atomic E-state index is -0.335. The Hall–Kier alpha value is -2.41. The topological polar surface area (TPSA) is 90.8 Å². The molecule has 0 spiro atoms. The van der Waals surface area contributed by atoms with E-state index in [1.165, 1.54) is 22.6 Å². The number of aryl methyl sites for hydroxylation is 1. The number of nitrogens with zero attached hydrogens (tertiary/aromatic N) is 4. The van der Waals surface area contributed by atoms with Crippen molar-refractivity contribution >= 4 is 38.8 Å². The van der Waals surface area contributed by atoms with Crippen LogP contribution in [0.5, 0.6) is 0 Å². The number of rotatable bonds is 5. The third-order valence-electron chi connectivity index (χ3n) is 5.90. The van der Waals surface area contributed by atoms with Crippen LogP contribution in [0.3, 0.4) is 0 Å². The molecular weight excluding hydrogens is 414 g/mol. The van der Waals surface area contributed by atoms with Gasteiger partial charge < -0.3 is 5.32 Å². The molecule has 0 unspecified atom stereocenters. The molecule has 2 atom stereocenters. The first kappa shape index (κ1) is 20.8. The molecule has 0 aromatic carbocycles. The van der Waals surface area contributed by atoms with E-state index >= 15 is 0 Å². The molecule has 0 saturated heterocycles. The van der Waals surface area contributed by atoms with Crippen LogP contribution in [0.1, 0.15) is 59.7 Å². The minimum Gasteiger partial charge on any atom is -0.344 e. The molecule has 4 rings (SSSR count). The average molecular weight is 440 g/mol. The molecule has 3 aromatic rings. The SMILES string of the molecule is CC(C)(C)[C@@H]1CCc2nc3sc(C(=O)N[C@H](CN=[N+]=[N-])c4ccsc4)cc3cc2C1. The van der Waals surface area contributed by atoms with Crippen LogP contribution in [0.15, 0.2) is 34.1 Å². The van der Waals surface area contributed by atoms with E-state index in [0.29, 0.717) is 10.8 Å². The van der Waals surface area contributed by atoms with Crippen LogP contribution in [0.25, 0.3) is 20.7 Å². The molecule has 0 aliphatic heterocycles. The van der Waals surface area contributed by atoms with Crippen molar-refractivity contribution in [2.75, 3.05) is 6.54 Å². The number of fused-ring (bicyclic) bond motifs is 2. The lowest BCUT2D eigenvalue weighted by molar-refractivity contribution is 0.0942. The molecule has 1 aliphatic rings. The molecule has 0 bridgehead atoms. The van der Waals surface area contributed by atoms with Crippen LogP contribution >= 0.6 is 22.7 Å². The van der Waals surface area contributed by atoms with E-state index in [4.69, 9.17) is 10.5 Å². The Morgan fingerprint density at radius 3 is 2.97 bits per heavy atom. The zero-order valence-electron chi connectivity index (χ0n) is 17.4. The molecule has 0 saturated carbocycles. The van der Waals surface area contributed by atoms with Crippen LogP contribution in [-0.2, 0) is 12.8 Å². The molecule has 0 fully saturated rings. The summed E-state index contributed by atoms with van der Waals surface area (Å²) in [5.41, 5.74) is 12.4. The summed E-state index contributed by atoms with van der Waals surface area (Å²) in [6.07, 6.45) is 3.21. The Balaban J connectivity index is 1.57. The van der Waals surface area contributed by atoms with Crippen molar-refractivity contribution in [3.05, 3.63) is 61.1 Å². The van der Waals surface area contributed by atoms with Gasteiger partial charge in [-0.3, -0.25) is 4.79 Å². The average Bonchev–Trinajstić information content (AvgIpc) is 3.37. The standard InChI is InChI=1S/C22H25N5OS2/c1-22(2,3)16-4-5-17-14(9-16)8-15-10-19(30-21(15)26-17)20(28)25-18(11-24-27-23)13-6-7-29-12-13/h6-8,10,12,16,18H,4-5,9,11H2,1-3H3,(H,25,28)/t16-,18-/m1/s1. The van der Waals surface area contributed by atoms with Crippen LogP contribution in [-0.4, -0.2) is 17.4 Å². The van der Waals surface area contributed by atoms with Crippen LogP contribution in [0, 0.1) is 11.3 Å². The summed E-state index contributed by atoms with van der Waals surface area (Å²) < 4.78 is 0. The highest BCUT2D eigenvalue weighted by Gasteiger charge is 2.29. The lowest BCUT2D eigenvalue weighted by atomic mass is 9.71. The van der Waals surface area contributed by atoms with E-state index in [1.807, 2.05) is 22.9 Å². The molecule has 6 nitrogen and oxygen atoms in total. The summed E-state index contributed by atoms with van der Waals surface area (Å²) in [5, 5.41) is 11.6. The first-order valence-electron chi connectivity index (χ1n) is 10.1. The Morgan fingerprint density at radius 1 is 1.43 bits per heavy atom. The van der Waals surface area contributed by atoms with E-state index in [0.717, 1.165) is 35.0 Å². The fourth-order valence-electron chi connectivity index (χ4n) is 4.03. The number of amides is 1. The monoisotopic (exact) mass is 439 g/mol. The molecule has 1 N–H and O–H groups in total. The van der Waals surface area contributed by atoms with Gasteiger partial charge in [-0.15, -0.1) is 11.3 Å². The highest BCUT2D eigenvalue weighted by atomic mass is 32.1. The lowest BCUT2D eigenvalue weighted by Crippen LogP contribution is -2.29. The Morgan fingerprint density at radius 2 is 2.27 bits per heavy atom. The summed E-state index contributed by atoms with van der Waals surface area (Å²) >= 11 is 2.97. The number of hydrogen-bond donors (Lipinski definition) is 1. The van der Waals surface area contributed by atoms with Gasteiger partial charge in [-0.25, -0.2) is 4.98 Å². The first-order chi connectivity index (χ1) is 14.3. The van der Waals surface area contributed by atoms with Crippen LogP contribution in [0.2, 0.25) is 0 Å². The largest absolute Gasteiger partial charge is 0.344 e. The van der Waals surface area contributed by atoms with Gasteiger partial charge >= 0.3 is 0 Å². The third-order valence-corrected chi connectivity index (χ3v) is 7.64. The van der Waals surface area contributed by atoms with Crippen molar-refractivity contribution in [1.82, 2.24) is 10.3 Å². The maximum absolute atomic E-state index is 12.9. The molecule has 3 heterocycles. The molecule has 3 aromatic heterocycles. The summed E-state index contributed by atoms with van der Waals surface area (Å²) in [4.78, 5) is 22.2. The predicted octanol–water partition coefficient (Wildman–Crippen LogP) is 6.29. The van der Waals surface area contributed by atoms with Gasteiger partial charge in [0.05, 0.1) is 17.5 Å². The number of azide groups is 1. The fraction of sp³-hybridized carbons (Fsp3) is 0.455. The van der Waals surface area contributed by atoms with Crippen molar-refractivity contribution in [3.8, 4) is 0 Å². The quantitative estimate of drug-likeness (QED) is 0.287. The van der Waals surface area contributed by atoms with Crippen LogP contribution in [0.4, 0.5) is 0 Å². The number of hydrogen-bond acceptors (Lipinski definition) is 5. The van der Waals surface area contributed by atoms with Crippen molar-refractivity contribution in [2.24, 2.45) is 16.4 Å². The molecule has 30 heavy (non-hydrogen) atoms. The minimum absolute atomic E-state index is 0.159. The normalized spacial score (nSPS) is 17.2. The Labute approximate surface area is 184 Å². The molecular formula is C22H25N5OS2. The Bertz CT molecular complexity index is 1110. The van der Waals surface area contributed by atoms with E-state index in [9.17, 15) is 4.79 Å². The highest BCUT2D eigenvalue weighted by molar-refractivity contribution is 7.20. The first-order valence-corrected chi connectivity index (χ1v) is 11.9. The van der Waals surface area contributed by atoms with E-state index in [2.05, 4.69) is 42.2 Å². The van der Waals surface area contributed by atoms with E-state index < -0.39 is 0 Å². The molecule has 156 valence electrons. The number of carbonyl (C=O) groups excluding carboxylic acids is 1. The zero-order chi connectivity index (χ0) is 21.3. The van der Waals surface area contributed by atoms with Gasteiger partial charge in [0.15, 0.2) is 0 Å². The number of carbonyl (C=O) groups is 1. The summed E-state index contributed by atoms with van der Waals surface area (Å²) in [7, 11) is 0. The van der Waals surface area contributed by atoms with E-state index in [1.54, 1.807) is 11.3 Å². The molecule has 8 heteroatoms. The Kier molecular flexibility index (Phi) is 5.82. The molecule has 0 radical (unpaired) electrons. The zero-order valence-corrected chi connectivity index (χ0v) is 19.0. The lowest BCUT2D eigenvalue weighted by Gasteiger charge is -2.34. The van der Waals surface area contributed by atoms with Gasteiger partial charge in [-0.2, -0.15) is 11.3 Å².